The van der Waals surface area contributed by atoms with Crippen LogP contribution in [0.2, 0.25) is 0 Å². The molecule has 0 saturated carbocycles. The summed E-state index contributed by atoms with van der Waals surface area (Å²) in [5, 5.41) is 41.3. The van der Waals surface area contributed by atoms with Crippen molar-refractivity contribution in [3.05, 3.63) is 0 Å². The minimum Gasteiger partial charge on any atom is -0.373 e. The average Bonchev–Trinajstić information content (AvgIpc) is 2.01. The minimum atomic E-state index is -2.60. The molecule has 0 aliphatic heterocycles. The van der Waals surface area contributed by atoms with Gasteiger partial charge in [-0.1, -0.05) is 0 Å². The molecule has 5 nitrogen and oxygen atoms in total. The van der Waals surface area contributed by atoms with Crippen molar-refractivity contribution >= 4 is 0 Å². The van der Waals surface area contributed by atoms with Crippen LogP contribution >= 0.6 is 0 Å². The van der Waals surface area contributed by atoms with Crippen LogP contribution in [0.4, 0.5) is 0 Å². The highest BCUT2D eigenvalue weighted by molar-refractivity contribution is 5.24. The van der Waals surface area contributed by atoms with E-state index >= 15 is 0 Å². The number of nitrogens with zero attached hydrogens (tertiary/aromatic N) is 3. The van der Waals surface area contributed by atoms with Crippen molar-refractivity contribution in [2.75, 3.05) is 0 Å². The Bertz CT molecular complexity index is 227. The van der Waals surface area contributed by atoms with Gasteiger partial charge in [0.2, 0.25) is 0 Å². The van der Waals surface area contributed by atoms with Crippen molar-refractivity contribution in [1.29, 1.82) is 15.8 Å². The van der Waals surface area contributed by atoms with Gasteiger partial charge in [0.1, 0.15) is 12.1 Å². The van der Waals surface area contributed by atoms with Crippen molar-refractivity contribution in [3.8, 4) is 18.2 Å². The second-order valence-electron chi connectivity index (χ2n) is 1.52. The van der Waals surface area contributed by atoms with Crippen LogP contribution in [0, 0.1) is 34.0 Å². The summed E-state index contributed by atoms with van der Waals surface area (Å²) in [5.41, 5.74) is -2.60. The molecule has 0 aromatic carbocycles. The van der Waals surface area contributed by atoms with E-state index in [0.29, 0.717) is 0 Å². The predicted octanol–water partition coefficient (Wildman–Crippen LogP) is -1.35. The van der Waals surface area contributed by atoms with Crippen LogP contribution in [0.1, 0.15) is 0 Å². The maximum atomic E-state index is 8.70. The number of aliphatic hydroxyl groups is 2. The molecule has 50 valence electrons. The van der Waals surface area contributed by atoms with Crippen molar-refractivity contribution in [1.82, 2.24) is 0 Å². The van der Waals surface area contributed by atoms with Crippen LogP contribution in [0.3, 0.4) is 0 Å². The van der Waals surface area contributed by atoms with Crippen molar-refractivity contribution < 1.29 is 10.2 Å². The molecular weight excluding hydrogens is 134 g/mol. The lowest BCUT2D eigenvalue weighted by Crippen LogP contribution is -2.38. The van der Waals surface area contributed by atoms with Gasteiger partial charge in [0.25, 0.3) is 5.60 Å². The van der Waals surface area contributed by atoms with Gasteiger partial charge in [0.05, 0.1) is 6.07 Å². The van der Waals surface area contributed by atoms with Gasteiger partial charge in [-0.25, -0.2) is 0 Å². The summed E-state index contributed by atoms with van der Waals surface area (Å²) < 4.78 is 0. The summed E-state index contributed by atoms with van der Waals surface area (Å²) in [4.78, 5) is 0. The third-order valence-electron chi connectivity index (χ3n) is 0.859. The van der Waals surface area contributed by atoms with Gasteiger partial charge < -0.3 is 10.2 Å². The van der Waals surface area contributed by atoms with E-state index in [2.05, 4.69) is 0 Å². The highest BCUT2D eigenvalue weighted by Crippen LogP contribution is 2.06. The smallest absolute Gasteiger partial charge is 0.278 e. The first-order chi connectivity index (χ1) is 4.60. The van der Waals surface area contributed by atoms with Crippen LogP contribution in [-0.4, -0.2) is 21.9 Å². The quantitative estimate of drug-likeness (QED) is 0.434. The van der Waals surface area contributed by atoms with Crippen LogP contribution in [0.15, 0.2) is 0 Å². The second kappa shape index (κ2) is 2.80. The molecule has 0 aromatic rings. The highest BCUT2D eigenvalue weighted by Gasteiger charge is 2.36. The summed E-state index contributed by atoms with van der Waals surface area (Å²) >= 11 is 0. The molecule has 2 N–H and O–H groups in total. The van der Waals surface area contributed by atoms with Crippen LogP contribution < -0.4 is 0 Å². The second-order valence-corrected chi connectivity index (χ2v) is 1.52. The topological polar surface area (TPSA) is 112 Å². The SMILES string of the molecule is N#CC(O)C(O)(C#N)C#N. The standard InChI is InChI=1S/C5H3N3O2/c6-1-4(9)5(10,2-7)3-8/h4,9-10H. The first-order valence-electron chi connectivity index (χ1n) is 2.23. The summed E-state index contributed by atoms with van der Waals surface area (Å²) in [6, 6.07) is 3.37. The molecule has 0 aliphatic carbocycles. The average molecular weight is 137 g/mol. The van der Waals surface area contributed by atoms with Gasteiger partial charge >= 0.3 is 0 Å². The lowest BCUT2D eigenvalue weighted by molar-refractivity contribution is 0.0388. The molecule has 1 atom stereocenters. The van der Waals surface area contributed by atoms with E-state index < -0.39 is 11.7 Å². The molecule has 0 radical (unpaired) electrons. The van der Waals surface area contributed by atoms with E-state index in [1.54, 1.807) is 0 Å². The summed E-state index contributed by atoms with van der Waals surface area (Å²) in [6.45, 7) is 0. The Morgan fingerprint density at radius 3 is 1.70 bits per heavy atom. The normalized spacial score (nSPS) is 12.3. The van der Waals surface area contributed by atoms with Gasteiger partial charge in [0.15, 0.2) is 6.10 Å². The Balaban J connectivity index is 4.62. The zero-order chi connectivity index (χ0) is 8.20. The number of hydrogen-bond donors (Lipinski definition) is 2. The van der Waals surface area contributed by atoms with Crippen LogP contribution in [0.25, 0.3) is 0 Å². The zero-order valence-corrected chi connectivity index (χ0v) is 4.81. The van der Waals surface area contributed by atoms with E-state index in [1.165, 1.54) is 6.07 Å². The van der Waals surface area contributed by atoms with Gasteiger partial charge in [-0.2, -0.15) is 15.8 Å². The molecule has 1 unspecified atom stereocenters. The number of aliphatic hydroxyl groups excluding tert-OH is 1. The maximum Gasteiger partial charge on any atom is 0.278 e. The third kappa shape index (κ3) is 1.21. The third-order valence-corrected chi connectivity index (χ3v) is 0.859. The first kappa shape index (κ1) is 8.39. The largest absolute Gasteiger partial charge is 0.373 e. The van der Waals surface area contributed by atoms with Gasteiger partial charge in [-0.05, 0) is 0 Å². The molecule has 0 saturated heterocycles. The van der Waals surface area contributed by atoms with E-state index in [4.69, 9.17) is 26.0 Å². The number of hydrogen-bond acceptors (Lipinski definition) is 5. The number of nitriles is 3. The van der Waals surface area contributed by atoms with E-state index in [1.807, 2.05) is 0 Å². The Morgan fingerprint density at radius 1 is 1.20 bits per heavy atom. The molecule has 0 fully saturated rings. The zero-order valence-electron chi connectivity index (χ0n) is 4.81. The van der Waals surface area contributed by atoms with E-state index in [-0.39, 0.29) is 0 Å². The molecule has 0 aromatic heterocycles. The Hall–Kier alpha value is -1.61. The Morgan fingerprint density at radius 2 is 1.60 bits per heavy atom. The first-order valence-corrected chi connectivity index (χ1v) is 2.23. The van der Waals surface area contributed by atoms with Gasteiger partial charge in [0, 0.05) is 0 Å². The minimum absolute atomic E-state index is 1.10. The summed E-state index contributed by atoms with van der Waals surface area (Å²) in [5.74, 6) is 0. The molecule has 0 heterocycles. The van der Waals surface area contributed by atoms with Gasteiger partial charge in [-0.15, -0.1) is 0 Å². The van der Waals surface area contributed by atoms with E-state index in [0.717, 1.165) is 12.1 Å². The molecule has 0 bridgehead atoms. The fraction of sp³-hybridized carbons (Fsp3) is 0.400. The van der Waals surface area contributed by atoms with Gasteiger partial charge in [-0.3, -0.25) is 0 Å². The lowest BCUT2D eigenvalue weighted by atomic mass is 10.0. The highest BCUT2D eigenvalue weighted by atomic mass is 16.3. The van der Waals surface area contributed by atoms with Crippen LogP contribution in [0.5, 0.6) is 0 Å². The Labute approximate surface area is 57.0 Å². The predicted molar refractivity (Wildman–Crippen MR) is 27.8 cm³/mol. The fourth-order valence-electron chi connectivity index (χ4n) is 0.241. The molecule has 10 heavy (non-hydrogen) atoms. The molecular formula is C5H3N3O2. The van der Waals surface area contributed by atoms with Crippen molar-refractivity contribution in [2.45, 2.75) is 11.7 Å². The Kier molecular flexibility index (Phi) is 2.35. The van der Waals surface area contributed by atoms with E-state index in [9.17, 15) is 0 Å². The van der Waals surface area contributed by atoms with Crippen LogP contribution in [-0.2, 0) is 0 Å². The molecule has 0 spiro atoms. The van der Waals surface area contributed by atoms with Crippen molar-refractivity contribution in [2.24, 2.45) is 0 Å². The molecule has 5 heteroatoms. The molecule has 0 rings (SSSR count). The van der Waals surface area contributed by atoms with Crippen molar-refractivity contribution in [3.63, 3.8) is 0 Å². The summed E-state index contributed by atoms with van der Waals surface area (Å²) in [6.07, 6.45) is -1.98. The fourth-order valence-corrected chi connectivity index (χ4v) is 0.241. The molecule has 0 aliphatic rings. The monoisotopic (exact) mass is 137 g/mol. The molecule has 0 amide bonds. The maximum absolute atomic E-state index is 8.70. The number of rotatable bonds is 1. The summed E-state index contributed by atoms with van der Waals surface area (Å²) in [7, 11) is 0. The lowest BCUT2D eigenvalue weighted by Gasteiger charge is -2.10.